The van der Waals surface area contributed by atoms with E-state index in [0.29, 0.717) is 28.7 Å². The zero-order valence-corrected chi connectivity index (χ0v) is 17.1. The normalized spacial score (nSPS) is 10.5. The summed E-state index contributed by atoms with van der Waals surface area (Å²) in [6.07, 6.45) is 1.72. The maximum absolute atomic E-state index is 12.7. The molecule has 0 aliphatic rings. The third-order valence-electron chi connectivity index (χ3n) is 4.50. The second-order valence-corrected chi connectivity index (χ2v) is 6.85. The highest BCUT2D eigenvalue weighted by atomic mass is 16.5. The first-order chi connectivity index (χ1) is 15.0. The van der Waals surface area contributed by atoms with Gasteiger partial charge >= 0.3 is 12.0 Å². The van der Waals surface area contributed by atoms with Gasteiger partial charge in [0.1, 0.15) is 5.75 Å². The fourth-order valence-corrected chi connectivity index (χ4v) is 2.92. The van der Waals surface area contributed by atoms with Gasteiger partial charge in [-0.1, -0.05) is 31.5 Å². The van der Waals surface area contributed by atoms with Crippen molar-refractivity contribution in [3.05, 3.63) is 60.2 Å². The molecule has 0 aliphatic carbocycles. The van der Waals surface area contributed by atoms with Crippen molar-refractivity contribution in [3.8, 4) is 17.0 Å². The number of nitrogens with zero attached hydrogens (tertiary/aromatic N) is 1. The Morgan fingerprint density at radius 2 is 1.81 bits per heavy atom. The van der Waals surface area contributed by atoms with E-state index in [1.807, 2.05) is 6.92 Å². The molecule has 0 aliphatic heterocycles. The first-order valence-electron chi connectivity index (χ1n) is 9.92. The van der Waals surface area contributed by atoms with Crippen LogP contribution in [0, 0.1) is 0 Å². The Labute approximate surface area is 179 Å². The third kappa shape index (κ3) is 5.79. The van der Waals surface area contributed by atoms with Gasteiger partial charge in [0.15, 0.2) is 6.61 Å². The minimum absolute atomic E-state index is 0.119. The summed E-state index contributed by atoms with van der Waals surface area (Å²) in [7, 11) is 0. The molecule has 0 bridgehead atoms. The Morgan fingerprint density at radius 1 is 1.06 bits per heavy atom. The molecule has 2 aromatic carbocycles. The highest BCUT2D eigenvalue weighted by Crippen LogP contribution is 2.26. The molecule has 8 heteroatoms. The molecule has 0 radical (unpaired) electrons. The molecule has 31 heavy (non-hydrogen) atoms. The van der Waals surface area contributed by atoms with Gasteiger partial charge in [-0.25, -0.2) is 14.6 Å². The number of amides is 3. The maximum Gasteiger partial charge on any atom is 0.339 e. The molecule has 0 atom stereocenters. The van der Waals surface area contributed by atoms with Crippen LogP contribution in [-0.2, 0) is 9.53 Å². The van der Waals surface area contributed by atoms with Crippen molar-refractivity contribution in [2.75, 3.05) is 13.2 Å². The summed E-state index contributed by atoms with van der Waals surface area (Å²) < 4.78 is 5.14. The number of hydrogen-bond donors (Lipinski definition) is 3. The van der Waals surface area contributed by atoms with Crippen LogP contribution in [0.3, 0.4) is 0 Å². The molecule has 0 spiro atoms. The van der Waals surface area contributed by atoms with Crippen LogP contribution in [-0.4, -0.2) is 41.1 Å². The lowest BCUT2D eigenvalue weighted by Gasteiger charge is -2.10. The van der Waals surface area contributed by atoms with Crippen molar-refractivity contribution in [3.63, 3.8) is 0 Å². The van der Waals surface area contributed by atoms with Gasteiger partial charge in [0.2, 0.25) is 0 Å². The second-order valence-electron chi connectivity index (χ2n) is 6.85. The lowest BCUT2D eigenvalue weighted by atomic mass is 10.0. The second kappa shape index (κ2) is 10.2. The molecular weight excluding hydrogens is 398 g/mol. The topological polar surface area (TPSA) is 118 Å². The van der Waals surface area contributed by atoms with E-state index in [-0.39, 0.29) is 11.3 Å². The minimum Gasteiger partial charge on any atom is -0.508 e. The molecule has 1 heterocycles. The fraction of sp³-hybridized carbons (Fsp3) is 0.217. The quantitative estimate of drug-likeness (QED) is 0.398. The van der Waals surface area contributed by atoms with E-state index in [2.05, 4.69) is 15.6 Å². The molecule has 1 aromatic heterocycles. The standard InChI is InChI=1S/C23H23N3O5/c1-2-3-12-24-23(30)26-21(28)14-31-22(29)18-13-20(15-8-10-16(27)11-9-15)25-19-7-5-4-6-17(18)19/h4-11,13,27H,2-3,12,14H2,1H3,(H2,24,26,28,30). The van der Waals surface area contributed by atoms with Gasteiger partial charge in [0.05, 0.1) is 16.8 Å². The Hall–Kier alpha value is -3.94. The van der Waals surface area contributed by atoms with Crippen molar-refractivity contribution in [1.29, 1.82) is 0 Å². The van der Waals surface area contributed by atoms with Gasteiger partial charge in [0, 0.05) is 17.5 Å². The Kier molecular flexibility index (Phi) is 7.16. The molecule has 3 N–H and O–H groups in total. The number of para-hydroxylation sites is 1. The summed E-state index contributed by atoms with van der Waals surface area (Å²) >= 11 is 0. The Balaban J connectivity index is 1.75. The summed E-state index contributed by atoms with van der Waals surface area (Å²) in [5.74, 6) is -1.31. The molecule has 0 unspecified atom stereocenters. The van der Waals surface area contributed by atoms with Crippen LogP contribution in [0.2, 0.25) is 0 Å². The number of pyridine rings is 1. The first kappa shape index (κ1) is 21.8. The number of nitrogens with one attached hydrogen (secondary N) is 2. The Morgan fingerprint density at radius 3 is 2.55 bits per heavy atom. The van der Waals surface area contributed by atoms with Crippen LogP contribution in [0.15, 0.2) is 54.6 Å². The van der Waals surface area contributed by atoms with Crippen LogP contribution in [0.25, 0.3) is 22.2 Å². The monoisotopic (exact) mass is 421 g/mol. The number of carbonyl (C=O) groups excluding carboxylic acids is 3. The number of urea groups is 1. The van der Waals surface area contributed by atoms with Gasteiger partial charge in [-0.2, -0.15) is 0 Å². The predicted molar refractivity (Wildman–Crippen MR) is 116 cm³/mol. The van der Waals surface area contributed by atoms with Crippen LogP contribution in [0.1, 0.15) is 30.1 Å². The molecule has 0 saturated heterocycles. The van der Waals surface area contributed by atoms with Crippen molar-refractivity contribution >= 4 is 28.8 Å². The molecule has 0 fully saturated rings. The largest absolute Gasteiger partial charge is 0.508 e. The van der Waals surface area contributed by atoms with Crippen LogP contribution < -0.4 is 10.6 Å². The molecule has 3 amide bonds. The summed E-state index contributed by atoms with van der Waals surface area (Å²) in [5, 5.41) is 14.8. The molecule has 3 aromatic rings. The van der Waals surface area contributed by atoms with Crippen molar-refractivity contribution in [1.82, 2.24) is 15.6 Å². The van der Waals surface area contributed by atoms with Crippen LogP contribution in [0.4, 0.5) is 4.79 Å². The van der Waals surface area contributed by atoms with E-state index in [9.17, 15) is 19.5 Å². The molecular formula is C23H23N3O5. The van der Waals surface area contributed by atoms with E-state index in [0.717, 1.165) is 12.8 Å². The summed E-state index contributed by atoms with van der Waals surface area (Å²) in [4.78, 5) is 40.8. The number of unbranched alkanes of at least 4 members (excludes halogenated alkanes) is 1. The van der Waals surface area contributed by atoms with Crippen LogP contribution in [0.5, 0.6) is 5.75 Å². The number of ether oxygens (including phenoxy) is 1. The number of aromatic hydroxyl groups is 1. The highest BCUT2D eigenvalue weighted by Gasteiger charge is 2.17. The fourth-order valence-electron chi connectivity index (χ4n) is 2.92. The van der Waals surface area contributed by atoms with E-state index in [1.54, 1.807) is 42.5 Å². The van der Waals surface area contributed by atoms with Gasteiger partial charge < -0.3 is 15.2 Å². The first-order valence-corrected chi connectivity index (χ1v) is 9.92. The lowest BCUT2D eigenvalue weighted by Crippen LogP contribution is -2.41. The van der Waals surface area contributed by atoms with Crippen molar-refractivity contribution in [2.45, 2.75) is 19.8 Å². The summed E-state index contributed by atoms with van der Waals surface area (Å²) in [5.41, 5.74) is 2.05. The number of imide groups is 1. The molecule has 8 nitrogen and oxygen atoms in total. The number of benzene rings is 2. The smallest absolute Gasteiger partial charge is 0.339 e. The number of fused-ring (bicyclic) bond motifs is 1. The number of aromatic nitrogens is 1. The predicted octanol–water partition coefficient (Wildman–Crippen LogP) is 3.39. The number of esters is 1. The van der Waals surface area contributed by atoms with Crippen molar-refractivity contribution < 1.29 is 24.2 Å². The van der Waals surface area contributed by atoms with E-state index in [1.165, 1.54) is 12.1 Å². The van der Waals surface area contributed by atoms with Crippen LogP contribution >= 0.6 is 0 Å². The van der Waals surface area contributed by atoms with Gasteiger partial charge in [-0.05, 0) is 42.8 Å². The lowest BCUT2D eigenvalue weighted by molar-refractivity contribution is -0.123. The average molecular weight is 421 g/mol. The van der Waals surface area contributed by atoms with Crippen molar-refractivity contribution in [2.24, 2.45) is 0 Å². The van der Waals surface area contributed by atoms with E-state index >= 15 is 0 Å². The molecule has 160 valence electrons. The van der Waals surface area contributed by atoms with E-state index < -0.39 is 24.5 Å². The zero-order valence-electron chi connectivity index (χ0n) is 17.1. The highest BCUT2D eigenvalue weighted by molar-refractivity contribution is 6.05. The van der Waals surface area contributed by atoms with E-state index in [4.69, 9.17) is 4.74 Å². The molecule has 3 rings (SSSR count). The molecule has 0 saturated carbocycles. The van der Waals surface area contributed by atoms with Gasteiger partial charge in [0.25, 0.3) is 5.91 Å². The average Bonchev–Trinajstić information content (AvgIpc) is 2.77. The number of hydrogen-bond acceptors (Lipinski definition) is 6. The SMILES string of the molecule is CCCCNC(=O)NC(=O)COC(=O)c1cc(-c2ccc(O)cc2)nc2ccccc12. The number of rotatable bonds is 7. The Bertz CT molecular complexity index is 1100. The summed E-state index contributed by atoms with van der Waals surface area (Å²) in [6, 6.07) is 14.5. The van der Waals surface area contributed by atoms with Gasteiger partial charge in [-0.3, -0.25) is 10.1 Å². The number of carbonyl (C=O) groups is 3. The number of phenolic OH excluding ortho intramolecular Hbond substituents is 1. The summed E-state index contributed by atoms with van der Waals surface area (Å²) in [6.45, 7) is 1.85. The maximum atomic E-state index is 12.7. The minimum atomic E-state index is -0.723. The zero-order chi connectivity index (χ0) is 22.2. The van der Waals surface area contributed by atoms with Gasteiger partial charge in [-0.15, -0.1) is 0 Å². The number of phenols is 1. The third-order valence-corrected chi connectivity index (χ3v) is 4.50.